The molecule has 2 fully saturated rings. The third-order valence-corrected chi connectivity index (χ3v) is 4.92. The molecule has 0 radical (unpaired) electrons. The first-order valence-corrected chi connectivity index (χ1v) is 7.59. The molecule has 2 heteroatoms. The summed E-state index contributed by atoms with van der Waals surface area (Å²) in [4.78, 5) is 2.56. The van der Waals surface area contributed by atoms with Crippen LogP contribution in [0.4, 0.5) is 0 Å². The highest BCUT2D eigenvalue weighted by atomic mass is 16.3. The second kappa shape index (κ2) is 6.19. The second-order valence-electron chi connectivity index (χ2n) is 6.32. The molecule has 2 aliphatic rings. The third-order valence-electron chi connectivity index (χ3n) is 4.92. The Labute approximate surface area is 106 Å². The SMILES string of the molecule is CCCC1CCC(O)CC1N(C)CC1CCC1. The Morgan fingerprint density at radius 3 is 2.53 bits per heavy atom. The molecule has 0 bridgehead atoms. The highest BCUT2D eigenvalue weighted by Gasteiger charge is 2.33. The standard InChI is InChI=1S/C15H29NO/c1-3-5-13-8-9-14(17)10-15(13)16(2)11-12-6-4-7-12/h12-15,17H,3-11H2,1-2H3. The fraction of sp³-hybridized carbons (Fsp3) is 1.00. The summed E-state index contributed by atoms with van der Waals surface area (Å²) in [5.74, 6) is 1.77. The van der Waals surface area contributed by atoms with Crippen molar-refractivity contribution < 1.29 is 5.11 Å². The van der Waals surface area contributed by atoms with Gasteiger partial charge >= 0.3 is 0 Å². The number of rotatable bonds is 5. The molecule has 0 amide bonds. The van der Waals surface area contributed by atoms with Crippen LogP contribution in [0, 0.1) is 11.8 Å². The Hall–Kier alpha value is -0.0800. The van der Waals surface area contributed by atoms with Crippen LogP contribution in [-0.4, -0.2) is 35.7 Å². The van der Waals surface area contributed by atoms with E-state index in [2.05, 4.69) is 18.9 Å². The fourth-order valence-electron chi connectivity index (χ4n) is 3.65. The molecule has 17 heavy (non-hydrogen) atoms. The number of hydrogen-bond donors (Lipinski definition) is 1. The van der Waals surface area contributed by atoms with Gasteiger partial charge < -0.3 is 10.0 Å². The van der Waals surface area contributed by atoms with Crippen LogP contribution in [0.5, 0.6) is 0 Å². The third kappa shape index (κ3) is 3.45. The lowest BCUT2D eigenvalue weighted by atomic mass is 9.78. The van der Waals surface area contributed by atoms with E-state index in [4.69, 9.17) is 0 Å². The largest absolute Gasteiger partial charge is 0.393 e. The summed E-state index contributed by atoms with van der Waals surface area (Å²) in [6.07, 6.45) is 10.1. The number of aliphatic hydroxyl groups is 1. The van der Waals surface area contributed by atoms with Crippen LogP contribution in [0.2, 0.25) is 0 Å². The van der Waals surface area contributed by atoms with Gasteiger partial charge in [0.15, 0.2) is 0 Å². The first kappa shape index (κ1) is 13.4. The van der Waals surface area contributed by atoms with Crippen LogP contribution in [0.3, 0.4) is 0 Å². The maximum atomic E-state index is 9.89. The quantitative estimate of drug-likeness (QED) is 0.797. The fourth-order valence-corrected chi connectivity index (χ4v) is 3.65. The maximum Gasteiger partial charge on any atom is 0.0555 e. The smallest absolute Gasteiger partial charge is 0.0555 e. The molecule has 0 aromatic rings. The molecular weight excluding hydrogens is 210 g/mol. The average molecular weight is 239 g/mol. The number of aliphatic hydroxyl groups excluding tert-OH is 1. The molecule has 3 atom stereocenters. The van der Waals surface area contributed by atoms with E-state index < -0.39 is 0 Å². The van der Waals surface area contributed by atoms with Crippen molar-refractivity contribution in [1.29, 1.82) is 0 Å². The normalized spacial score (nSPS) is 34.9. The van der Waals surface area contributed by atoms with Crippen molar-refractivity contribution >= 4 is 0 Å². The molecule has 0 aromatic carbocycles. The van der Waals surface area contributed by atoms with Crippen molar-refractivity contribution in [3.05, 3.63) is 0 Å². The highest BCUT2D eigenvalue weighted by molar-refractivity contribution is 4.87. The van der Waals surface area contributed by atoms with E-state index in [1.54, 1.807) is 0 Å². The molecule has 2 nitrogen and oxygen atoms in total. The number of nitrogens with zero attached hydrogens (tertiary/aromatic N) is 1. The summed E-state index contributed by atoms with van der Waals surface area (Å²) in [5.41, 5.74) is 0. The molecule has 2 aliphatic carbocycles. The van der Waals surface area contributed by atoms with E-state index >= 15 is 0 Å². The Balaban J connectivity index is 1.87. The molecule has 0 aliphatic heterocycles. The Morgan fingerprint density at radius 2 is 1.94 bits per heavy atom. The zero-order valence-corrected chi connectivity index (χ0v) is 11.6. The summed E-state index contributed by atoms with van der Waals surface area (Å²) in [6, 6.07) is 0.638. The molecule has 2 rings (SSSR count). The van der Waals surface area contributed by atoms with Gasteiger partial charge in [0.2, 0.25) is 0 Å². The lowest BCUT2D eigenvalue weighted by Gasteiger charge is -2.42. The summed E-state index contributed by atoms with van der Waals surface area (Å²) < 4.78 is 0. The molecular formula is C15H29NO. The highest BCUT2D eigenvalue weighted by Crippen LogP contribution is 2.34. The van der Waals surface area contributed by atoms with E-state index in [1.165, 1.54) is 45.1 Å². The van der Waals surface area contributed by atoms with Crippen LogP contribution >= 0.6 is 0 Å². The zero-order valence-electron chi connectivity index (χ0n) is 11.6. The minimum absolute atomic E-state index is 0.0445. The van der Waals surface area contributed by atoms with Crippen molar-refractivity contribution in [3.63, 3.8) is 0 Å². The lowest BCUT2D eigenvalue weighted by molar-refractivity contribution is 0.0234. The van der Waals surface area contributed by atoms with Gasteiger partial charge in [0.1, 0.15) is 0 Å². The van der Waals surface area contributed by atoms with Crippen LogP contribution in [0.25, 0.3) is 0 Å². The van der Waals surface area contributed by atoms with Gasteiger partial charge in [0.05, 0.1) is 6.10 Å². The Bertz CT molecular complexity index is 227. The molecule has 0 spiro atoms. The second-order valence-corrected chi connectivity index (χ2v) is 6.32. The van der Waals surface area contributed by atoms with Gasteiger partial charge in [-0.05, 0) is 57.4 Å². The molecule has 100 valence electrons. The monoisotopic (exact) mass is 239 g/mol. The summed E-state index contributed by atoms with van der Waals surface area (Å²) >= 11 is 0. The van der Waals surface area contributed by atoms with Crippen molar-refractivity contribution in [2.75, 3.05) is 13.6 Å². The summed E-state index contributed by atoms with van der Waals surface area (Å²) in [6.45, 7) is 3.55. The van der Waals surface area contributed by atoms with Gasteiger partial charge in [-0.2, -0.15) is 0 Å². The minimum Gasteiger partial charge on any atom is -0.393 e. The molecule has 0 heterocycles. The molecule has 1 N–H and O–H groups in total. The molecule has 0 saturated heterocycles. The van der Waals surface area contributed by atoms with E-state index in [1.807, 2.05) is 0 Å². The van der Waals surface area contributed by atoms with Crippen LogP contribution in [-0.2, 0) is 0 Å². The summed E-state index contributed by atoms with van der Waals surface area (Å²) in [5, 5.41) is 9.89. The summed E-state index contributed by atoms with van der Waals surface area (Å²) in [7, 11) is 2.28. The van der Waals surface area contributed by atoms with Crippen molar-refractivity contribution in [1.82, 2.24) is 4.90 Å². The van der Waals surface area contributed by atoms with Gasteiger partial charge in [-0.1, -0.05) is 19.8 Å². The zero-order chi connectivity index (χ0) is 12.3. The van der Waals surface area contributed by atoms with E-state index in [-0.39, 0.29) is 6.10 Å². The average Bonchev–Trinajstić information content (AvgIpc) is 2.26. The first-order chi connectivity index (χ1) is 8.20. The van der Waals surface area contributed by atoms with Crippen molar-refractivity contribution in [2.24, 2.45) is 11.8 Å². The topological polar surface area (TPSA) is 23.5 Å². The van der Waals surface area contributed by atoms with Crippen molar-refractivity contribution in [2.45, 2.75) is 70.4 Å². The Morgan fingerprint density at radius 1 is 1.18 bits per heavy atom. The van der Waals surface area contributed by atoms with Crippen molar-refractivity contribution in [3.8, 4) is 0 Å². The van der Waals surface area contributed by atoms with E-state index in [0.29, 0.717) is 6.04 Å². The maximum absolute atomic E-state index is 9.89. The van der Waals surface area contributed by atoms with Gasteiger partial charge in [-0.3, -0.25) is 0 Å². The molecule has 3 unspecified atom stereocenters. The first-order valence-electron chi connectivity index (χ1n) is 7.59. The number of hydrogen-bond acceptors (Lipinski definition) is 2. The lowest BCUT2D eigenvalue weighted by Crippen LogP contribution is -2.46. The van der Waals surface area contributed by atoms with Gasteiger partial charge in [0.25, 0.3) is 0 Å². The van der Waals surface area contributed by atoms with E-state index in [9.17, 15) is 5.11 Å². The molecule has 2 saturated carbocycles. The Kier molecular flexibility index (Phi) is 4.87. The molecule has 0 aromatic heterocycles. The van der Waals surface area contributed by atoms with E-state index in [0.717, 1.165) is 24.7 Å². The predicted octanol–water partition coefficient (Wildman–Crippen LogP) is 3.05. The van der Waals surface area contributed by atoms with Crippen LogP contribution in [0.1, 0.15) is 58.3 Å². The van der Waals surface area contributed by atoms with Gasteiger partial charge in [0, 0.05) is 12.6 Å². The minimum atomic E-state index is -0.0445. The van der Waals surface area contributed by atoms with Crippen LogP contribution < -0.4 is 0 Å². The van der Waals surface area contributed by atoms with Gasteiger partial charge in [-0.25, -0.2) is 0 Å². The van der Waals surface area contributed by atoms with Crippen LogP contribution in [0.15, 0.2) is 0 Å². The predicted molar refractivity (Wildman–Crippen MR) is 72.0 cm³/mol. The van der Waals surface area contributed by atoms with Gasteiger partial charge in [-0.15, -0.1) is 0 Å².